The van der Waals surface area contributed by atoms with Crippen LogP contribution in [0.3, 0.4) is 0 Å². The summed E-state index contributed by atoms with van der Waals surface area (Å²) in [5.41, 5.74) is -1.43. The minimum atomic E-state index is -0.835. The molecular weight excluding hydrogens is 234 g/mol. The zero-order valence-corrected chi connectivity index (χ0v) is 12.2. The van der Waals surface area contributed by atoms with Crippen molar-refractivity contribution in [2.24, 2.45) is 0 Å². The maximum atomic E-state index is 12.2. The summed E-state index contributed by atoms with van der Waals surface area (Å²) in [6.45, 7) is 12.2. The number of ketones is 1. The standard InChI is InChI=1S/C13H23NO4/c1-8(15)10-9(2)17-13(6,7)14(10)11(16)18-12(3,4)5/h9-10H,1-7H3/t9-,10-/m1/s1. The highest BCUT2D eigenvalue weighted by Gasteiger charge is 2.51. The van der Waals surface area contributed by atoms with Gasteiger partial charge in [-0.2, -0.15) is 0 Å². The maximum Gasteiger partial charge on any atom is 0.413 e. The van der Waals surface area contributed by atoms with Crippen LogP contribution in [0.25, 0.3) is 0 Å². The van der Waals surface area contributed by atoms with Crippen molar-refractivity contribution in [2.45, 2.75) is 71.9 Å². The molecule has 0 saturated carbocycles. The molecule has 0 aliphatic carbocycles. The lowest BCUT2D eigenvalue weighted by molar-refractivity contribution is -0.122. The van der Waals surface area contributed by atoms with Gasteiger partial charge in [-0.25, -0.2) is 4.79 Å². The summed E-state index contributed by atoms with van der Waals surface area (Å²) in [5.74, 6) is -0.0982. The highest BCUT2D eigenvalue weighted by Crippen LogP contribution is 2.33. The minimum absolute atomic E-state index is 0.0982. The van der Waals surface area contributed by atoms with E-state index in [4.69, 9.17) is 9.47 Å². The van der Waals surface area contributed by atoms with E-state index in [1.807, 2.05) is 0 Å². The monoisotopic (exact) mass is 257 g/mol. The van der Waals surface area contributed by atoms with Crippen LogP contribution < -0.4 is 0 Å². The molecule has 104 valence electrons. The van der Waals surface area contributed by atoms with Crippen LogP contribution in [0.2, 0.25) is 0 Å². The summed E-state index contributed by atoms with van der Waals surface area (Å²) >= 11 is 0. The number of hydrogen-bond donors (Lipinski definition) is 0. The van der Waals surface area contributed by atoms with Crippen molar-refractivity contribution in [1.82, 2.24) is 4.90 Å². The fraction of sp³-hybridized carbons (Fsp3) is 0.846. The van der Waals surface area contributed by atoms with Crippen LogP contribution in [0.5, 0.6) is 0 Å². The van der Waals surface area contributed by atoms with Crippen molar-refractivity contribution in [3.8, 4) is 0 Å². The van der Waals surface area contributed by atoms with E-state index >= 15 is 0 Å². The predicted octanol–water partition coefficient (Wildman–Crippen LogP) is 2.34. The summed E-state index contributed by atoms with van der Waals surface area (Å²) in [6, 6.07) is -0.588. The molecule has 0 spiro atoms. The van der Waals surface area contributed by atoms with Crippen molar-refractivity contribution in [3.63, 3.8) is 0 Å². The Labute approximate surface area is 108 Å². The quantitative estimate of drug-likeness (QED) is 0.723. The Morgan fingerprint density at radius 1 is 1.28 bits per heavy atom. The van der Waals surface area contributed by atoms with Gasteiger partial charge in [-0.15, -0.1) is 0 Å². The second kappa shape index (κ2) is 4.53. The van der Waals surface area contributed by atoms with Crippen molar-refractivity contribution < 1.29 is 19.1 Å². The Hall–Kier alpha value is -1.10. The van der Waals surface area contributed by atoms with Gasteiger partial charge in [0.2, 0.25) is 0 Å². The number of hydrogen-bond acceptors (Lipinski definition) is 4. The average molecular weight is 257 g/mol. The molecule has 5 nitrogen and oxygen atoms in total. The minimum Gasteiger partial charge on any atom is -0.444 e. The Kier molecular flexibility index (Phi) is 3.77. The molecule has 0 radical (unpaired) electrons. The largest absolute Gasteiger partial charge is 0.444 e. The topological polar surface area (TPSA) is 55.8 Å². The summed E-state index contributed by atoms with van der Waals surface area (Å²) in [7, 11) is 0. The van der Waals surface area contributed by atoms with E-state index in [9.17, 15) is 9.59 Å². The summed E-state index contributed by atoms with van der Waals surface area (Å²) in [4.78, 5) is 25.3. The van der Waals surface area contributed by atoms with Crippen LogP contribution in [0, 0.1) is 0 Å². The van der Waals surface area contributed by atoms with Gasteiger partial charge in [-0.3, -0.25) is 9.69 Å². The first-order valence-corrected chi connectivity index (χ1v) is 6.16. The van der Waals surface area contributed by atoms with Crippen LogP contribution in [-0.2, 0) is 14.3 Å². The molecule has 1 saturated heterocycles. The Morgan fingerprint density at radius 3 is 2.17 bits per heavy atom. The summed E-state index contributed by atoms with van der Waals surface area (Å²) < 4.78 is 11.0. The molecule has 0 aromatic heterocycles. The molecule has 1 aliphatic rings. The number of nitrogens with zero attached hydrogens (tertiary/aromatic N) is 1. The molecule has 5 heteroatoms. The highest BCUT2D eigenvalue weighted by atomic mass is 16.6. The Balaban J connectivity index is 3.01. The molecule has 0 bridgehead atoms. The van der Waals surface area contributed by atoms with E-state index in [2.05, 4.69) is 0 Å². The van der Waals surface area contributed by atoms with E-state index < -0.39 is 23.5 Å². The number of amides is 1. The number of ether oxygens (including phenoxy) is 2. The van der Waals surface area contributed by atoms with Gasteiger partial charge in [-0.05, 0) is 48.5 Å². The Morgan fingerprint density at radius 2 is 1.78 bits per heavy atom. The first-order valence-electron chi connectivity index (χ1n) is 6.16. The van der Waals surface area contributed by atoms with E-state index in [1.165, 1.54) is 11.8 Å². The second-order valence-electron chi connectivity index (χ2n) is 6.18. The Bertz CT molecular complexity index is 356. The van der Waals surface area contributed by atoms with Crippen molar-refractivity contribution in [3.05, 3.63) is 0 Å². The highest BCUT2D eigenvalue weighted by molar-refractivity contribution is 5.87. The van der Waals surface area contributed by atoms with E-state index in [0.29, 0.717) is 0 Å². The van der Waals surface area contributed by atoms with Gasteiger partial charge in [0.25, 0.3) is 0 Å². The molecule has 2 atom stereocenters. The molecule has 0 N–H and O–H groups in total. The molecule has 18 heavy (non-hydrogen) atoms. The van der Waals surface area contributed by atoms with Crippen LogP contribution in [0.1, 0.15) is 48.5 Å². The maximum absolute atomic E-state index is 12.2. The lowest BCUT2D eigenvalue weighted by Gasteiger charge is -2.34. The van der Waals surface area contributed by atoms with E-state index in [0.717, 1.165) is 0 Å². The van der Waals surface area contributed by atoms with E-state index in [-0.39, 0.29) is 11.9 Å². The number of carbonyl (C=O) groups excluding carboxylic acids is 2. The smallest absolute Gasteiger partial charge is 0.413 e. The van der Waals surface area contributed by atoms with Crippen molar-refractivity contribution >= 4 is 11.9 Å². The molecule has 0 unspecified atom stereocenters. The molecular formula is C13H23NO4. The number of rotatable bonds is 1. The van der Waals surface area contributed by atoms with Crippen LogP contribution in [0.4, 0.5) is 4.79 Å². The fourth-order valence-corrected chi connectivity index (χ4v) is 2.28. The molecule has 1 amide bonds. The normalized spacial score (nSPS) is 27.2. The first-order chi connectivity index (χ1) is 7.96. The molecule has 1 fully saturated rings. The summed E-state index contributed by atoms with van der Waals surface area (Å²) in [5, 5.41) is 0. The lowest BCUT2D eigenvalue weighted by atomic mass is 10.1. The third-order valence-corrected chi connectivity index (χ3v) is 2.78. The SMILES string of the molecule is CC(=O)[C@@H]1[C@@H](C)OC(C)(C)N1C(=O)OC(C)(C)C. The molecule has 0 aromatic carbocycles. The van der Waals surface area contributed by atoms with Gasteiger partial charge < -0.3 is 9.47 Å². The fourth-order valence-electron chi connectivity index (χ4n) is 2.28. The predicted molar refractivity (Wildman–Crippen MR) is 67.2 cm³/mol. The molecule has 1 heterocycles. The van der Waals surface area contributed by atoms with Gasteiger partial charge in [-0.1, -0.05) is 0 Å². The van der Waals surface area contributed by atoms with Crippen LogP contribution >= 0.6 is 0 Å². The lowest BCUT2D eigenvalue weighted by Crippen LogP contribution is -2.52. The van der Waals surface area contributed by atoms with Gasteiger partial charge >= 0.3 is 6.09 Å². The zero-order valence-electron chi connectivity index (χ0n) is 12.2. The van der Waals surface area contributed by atoms with Gasteiger partial charge in [0, 0.05) is 0 Å². The zero-order chi connectivity index (χ0) is 14.3. The number of Topliss-reactive ketones (excluding diaryl/α,β-unsaturated/α-hetero) is 1. The summed E-state index contributed by atoms with van der Waals surface area (Å²) in [6.07, 6.45) is -0.845. The molecule has 0 aromatic rings. The van der Waals surface area contributed by atoms with Crippen molar-refractivity contribution in [2.75, 3.05) is 0 Å². The second-order valence-corrected chi connectivity index (χ2v) is 6.18. The number of carbonyl (C=O) groups is 2. The van der Waals surface area contributed by atoms with Gasteiger partial charge in [0.15, 0.2) is 5.78 Å². The van der Waals surface area contributed by atoms with Crippen LogP contribution in [-0.4, -0.2) is 40.2 Å². The molecule has 1 aliphatic heterocycles. The van der Waals surface area contributed by atoms with Gasteiger partial charge in [0.05, 0.1) is 6.10 Å². The third kappa shape index (κ3) is 3.02. The van der Waals surface area contributed by atoms with Gasteiger partial charge in [0.1, 0.15) is 17.4 Å². The van der Waals surface area contributed by atoms with Crippen LogP contribution in [0.15, 0.2) is 0 Å². The third-order valence-electron chi connectivity index (χ3n) is 2.78. The molecule has 1 rings (SSSR count). The van der Waals surface area contributed by atoms with E-state index in [1.54, 1.807) is 41.5 Å². The average Bonchev–Trinajstić information content (AvgIpc) is 2.31. The first kappa shape index (κ1) is 15.0. The van der Waals surface area contributed by atoms with Crippen molar-refractivity contribution in [1.29, 1.82) is 0 Å².